The normalized spacial score (nSPS) is 9.31. The molecule has 3 heteroatoms. The molecule has 0 aliphatic heterocycles. The average Bonchev–Trinajstić information content (AvgIpc) is 2.16. The second-order valence-electron chi connectivity index (χ2n) is 2.64. The van der Waals surface area contributed by atoms with E-state index in [2.05, 4.69) is 0 Å². The summed E-state index contributed by atoms with van der Waals surface area (Å²) in [5.41, 5.74) is 0.946. The molecular formula is C10H10O3. The molecule has 0 aromatic heterocycles. The predicted molar refractivity (Wildman–Crippen MR) is 47.7 cm³/mol. The molecule has 13 heavy (non-hydrogen) atoms. The van der Waals surface area contributed by atoms with Crippen LogP contribution in [-0.2, 0) is 9.59 Å². The Morgan fingerprint density at radius 3 is 2.77 bits per heavy atom. The first-order valence-electron chi connectivity index (χ1n) is 3.90. The topological polar surface area (TPSA) is 43.4 Å². The van der Waals surface area contributed by atoms with E-state index in [0.717, 1.165) is 5.56 Å². The van der Waals surface area contributed by atoms with Crippen LogP contribution in [0.15, 0.2) is 24.3 Å². The highest BCUT2D eigenvalue weighted by molar-refractivity contribution is 6.25. The summed E-state index contributed by atoms with van der Waals surface area (Å²) in [6, 6.07) is 7.32. The van der Waals surface area contributed by atoms with E-state index in [9.17, 15) is 9.59 Å². The maximum atomic E-state index is 10.6. The van der Waals surface area contributed by atoms with Crippen molar-refractivity contribution in [3.63, 3.8) is 0 Å². The molecule has 0 bridgehead atoms. The van der Waals surface area contributed by atoms with Crippen molar-refractivity contribution < 1.29 is 14.3 Å². The number of hydrogen-bond donors (Lipinski definition) is 0. The summed E-state index contributed by atoms with van der Waals surface area (Å²) in [6.07, 6.45) is 0.262. The van der Waals surface area contributed by atoms with Gasteiger partial charge in [-0.05, 0) is 18.6 Å². The third-order valence-corrected chi connectivity index (χ3v) is 1.59. The lowest BCUT2D eigenvalue weighted by atomic mass is 10.2. The fraction of sp³-hybridized carbons (Fsp3) is 0.200. The molecule has 0 radical (unpaired) electrons. The number of aldehydes is 1. The Morgan fingerprint density at radius 1 is 1.46 bits per heavy atom. The van der Waals surface area contributed by atoms with Gasteiger partial charge in [0.15, 0.2) is 12.9 Å². The van der Waals surface area contributed by atoms with Crippen molar-refractivity contribution in [2.75, 3.05) is 6.61 Å². The van der Waals surface area contributed by atoms with Crippen molar-refractivity contribution in [2.24, 2.45) is 0 Å². The van der Waals surface area contributed by atoms with Gasteiger partial charge in [-0.3, -0.25) is 9.59 Å². The molecular weight excluding hydrogens is 168 g/mol. The summed E-state index contributed by atoms with van der Waals surface area (Å²) in [7, 11) is 0. The molecule has 0 unspecified atom stereocenters. The zero-order valence-corrected chi connectivity index (χ0v) is 7.32. The molecule has 1 aromatic rings. The second kappa shape index (κ2) is 4.40. The van der Waals surface area contributed by atoms with E-state index < -0.39 is 5.78 Å². The van der Waals surface area contributed by atoms with Gasteiger partial charge in [0.05, 0.1) is 0 Å². The van der Waals surface area contributed by atoms with Crippen LogP contribution in [0.4, 0.5) is 0 Å². The molecule has 0 aliphatic carbocycles. The SMILES string of the molecule is Cc1ccccc1OCC(=O)C=O. The molecule has 0 spiro atoms. The lowest BCUT2D eigenvalue weighted by molar-refractivity contribution is -0.131. The van der Waals surface area contributed by atoms with Crippen LogP contribution in [-0.4, -0.2) is 18.7 Å². The summed E-state index contributed by atoms with van der Waals surface area (Å²) in [4.78, 5) is 20.6. The summed E-state index contributed by atoms with van der Waals surface area (Å²) in [5, 5.41) is 0. The Kier molecular flexibility index (Phi) is 3.20. The first-order valence-corrected chi connectivity index (χ1v) is 3.90. The minimum absolute atomic E-state index is 0.186. The smallest absolute Gasteiger partial charge is 0.232 e. The van der Waals surface area contributed by atoms with Crippen LogP contribution in [0.3, 0.4) is 0 Å². The maximum Gasteiger partial charge on any atom is 0.232 e. The fourth-order valence-corrected chi connectivity index (χ4v) is 0.901. The van der Waals surface area contributed by atoms with E-state index in [1.165, 1.54) is 0 Å². The van der Waals surface area contributed by atoms with Gasteiger partial charge in [0.25, 0.3) is 0 Å². The summed E-state index contributed by atoms with van der Waals surface area (Å²) >= 11 is 0. The van der Waals surface area contributed by atoms with Gasteiger partial charge in [-0.1, -0.05) is 18.2 Å². The quantitative estimate of drug-likeness (QED) is 0.513. The lowest BCUT2D eigenvalue weighted by Crippen LogP contribution is -2.12. The Hall–Kier alpha value is -1.64. The molecule has 1 aromatic carbocycles. The highest BCUT2D eigenvalue weighted by atomic mass is 16.5. The van der Waals surface area contributed by atoms with Crippen LogP contribution in [0.25, 0.3) is 0 Å². The van der Waals surface area contributed by atoms with Crippen molar-refractivity contribution >= 4 is 12.1 Å². The Bertz CT molecular complexity index is 318. The third kappa shape index (κ3) is 2.71. The molecule has 0 atom stereocenters. The highest BCUT2D eigenvalue weighted by Crippen LogP contribution is 2.15. The van der Waals surface area contributed by atoms with Gasteiger partial charge in [0.2, 0.25) is 5.78 Å². The molecule has 0 saturated carbocycles. The van der Waals surface area contributed by atoms with Crippen LogP contribution in [0.2, 0.25) is 0 Å². The third-order valence-electron chi connectivity index (χ3n) is 1.59. The van der Waals surface area contributed by atoms with Crippen LogP contribution in [0.1, 0.15) is 5.56 Å². The number of ether oxygens (including phenoxy) is 1. The standard InChI is InChI=1S/C10H10O3/c1-8-4-2-3-5-10(8)13-7-9(12)6-11/h2-6H,7H2,1H3. The number of para-hydroxylation sites is 1. The van der Waals surface area contributed by atoms with E-state index in [0.29, 0.717) is 5.75 Å². The lowest BCUT2D eigenvalue weighted by Gasteiger charge is -2.05. The minimum Gasteiger partial charge on any atom is -0.485 e. The monoisotopic (exact) mass is 178 g/mol. The van der Waals surface area contributed by atoms with Crippen molar-refractivity contribution in [3.05, 3.63) is 29.8 Å². The second-order valence-corrected chi connectivity index (χ2v) is 2.64. The van der Waals surface area contributed by atoms with Gasteiger partial charge in [-0.25, -0.2) is 0 Å². The molecule has 0 heterocycles. The Labute approximate surface area is 76.3 Å². The highest BCUT2D eigenvalue weighted by Gasteiger charge is 2.01. The van der Waals surface area contributed by atoms with Gasteiger partial charge in [-0.15, -0.1) is 0 Å². The summed E-state index contributed by atoms with van der Waals surface area (Å²) in [5.74, 6) is 0.0842. The number of carbonyl (C=O) groups excluding carboxylic acids is 2. The van der Waals surface area contributed by atoms with Crippen molar-refractivity contribution in [1.82, 2.24) is 0 Å². The largest absolute Gasteiger partial charge is 0.485 e. The van der Waals surface area contributed by atoms with E-state index in [-0.39, 0.29) is 12.9 Å². The van der Waals surface area contributed by atoms with Crippen molar-refractivity contribution in [1.29, 1.82) is 0 Å². The molecule has 0 aliphatic rings. The molecule has 1 rings (SSSR count). The van der Waals surface area contributed by atoms with Gasteiger partial charge in [-0.2, -0.15) is 0 Å². The van der Waals surface area contributed by atoms with E-state index >= 15 is 0 Å². The zero-order chi connectivity index (χ0) is 9.68. The molecule has 68 valence electrons. The van der Waals surface area contributed by atoms with Crippen molar-refractivity contribution in [3.8, 4) is 5.75 Å². The van der Waals surface area contributed by atoms with Crippen LogP contribution >= 0.6 is 0 Å². The molecule has 0 amide bonds. The van der Waals surface area contributed by atoms with Crippen molar-refractivity contribution in [2.45, 2.75) is 6.92 Å². The summed E-state index contributed by atoms with van der Waals surface area (Å²) < 4.78 is 5.11. The van der Waals surface area contributed by atoms with Gasteiger partial charge in [0.1, 0.15) is 5.75 Å². The number of carbonyl (C=O) groups is 2. The maximum absolute atomic E-state index is 10.6. The zero-order valence-electron chi connectivity index (χ0n) is 7.32. The number of Topliss-reactive ketones (excluding diaryl/α,β-unsaturated/α-hetero) is 1. The molecule has 0 saturated heterocycles. The fourth-order valence-electron chi connectivity index (χ4n) is 0.901. The van der Waals surface area contributed by atoms with Crippen LogP contribution in [0.5, 0.6) is 5.75 Å². The van der Waals surface area contributed by atoms with Crippen LogP contribution in [0, 0.1) is 6.92 Å². The predicted octanol–water partition coefficient (Wildman–Crippen LogP) is 1.14. The van der Waals surface area contributed by atoms with E-state index in [1.54, 1.807) is 6.07 Å². The first kappa shape index (κ1) is 9.45. The number of ketones is 1. The van der Waals surface area contributed by atoms with Crippen LogP contribution < -0.4 is 4.74 Å². The number of benzene rings is 1. The average molecular weight is 178 g/mol. The molecule has 0 N–H and O–H groups in total. The number of hydrogen-bond acceptors (Lipinski definition) is 3. The molecule has 0 fully saturated rings. The van der Waals surface area contributed by atoms with Gasteiger partial charge in [0, 0.05) is 0 Å². The first-order chi connectivity index (χ1) is 6.24. The Morgan fingerprint density at radius 2 is 2.15 bits per heavy atom. The molecule has 3 nitrogen and oxygen atoms in total. The van der Waals surface area contributed by atoms with E-state index in [4.69, 9.17) is 4.74 Å². The van der Waals surface area contributed by atoms with Gasteiger partial charge < -0.3 is 4.74 Å². The van der Waals surface area contributed by atoms with Gasteiger partial charge >= 0.3 is 0 Å². The summed E-state index contributed by atoms with van der Waals surface area (Å²) in [6.45, 7) is 1.69. The number of aryl methyl sites for hydroxylation is 1. The number of rotatable bonds is 4. The van der Waals surface area contributed by atoms with E-state index in [1.807, 2.05) is 25.1 Å². The Balaban J connectivity index is 2.59. The minimum atomic E-state index is -0.553.